The molecule has 0 heterocycles. The van der Waals surface area contributed by atoms with Gasteiger partial charge in [-0.3, -0.25) is 4.79 Å². The summed E-state index contributed by atoms with van der Waals surface area (Å²) in [5, 5.41) is 18.0. The SMILES string of the molecule is CC(C)(c1ccc(O)cc1)[C@H](N)C(=O)O. The lowest BCUT2D eigenvalue weighted by Crippen LogP contribution is -2.46. The number of hydrogen-bond acceptors (Lipinski definition) is 3. The highest BCUT2D eigenvalue weighted by atomic mass is 16.4. The Bertz CT molecular complexity index is 357. The second-order valence-corrected chi connectivity index (χ2v) is 4.08. The number of phenols is 1. The van der Waals surface area contributed by atoms with Gasteiger partial charge in [-0.15, -0.1) is 0 Å². The zero-order valence-corrected chi connectivity index (χ0v) is 8.77. The molecule has 0 spiro atoms. The standard InChI is InChI=1S/C11H15NO3/c1-11(2,9(12)10(14)15)7-3-5-8(13)6-4-7/h3-6,9,13H,12H2,1-2H3,(H,14,15)/t9-/m1/s1. The van der Waals surface area contributed by atoms with Gasteiger partial charge in [0.05, 0.1) is 0 Å². The van der Waals surface area contributed by atoms with E-state index in [1.165, 1.54) is 12.1 Å². The Hall–Kier alpha value is -1.55. The molecule has 1 aromatic carbocycles. The minimum absolute atomic E-state index is 0.151. The highest BCUT2D eigenvalue weighted by molar-refractivity contribution is 5.75. The van der Waals surface area contributed by atoms with Crippen LogP contribution in [0.4, 0.5) is 0 Å². The number of rotatable bonds is 3. The van der Waals surface area contributed by atoms with Crippen molar-refractivity contribution in [3.63, 3.8) is 0 Å². The fraction of sp³-hybridized carbons (Fsp3) is 0.364. The third-order valence-electron chi connectivity index (χ3n) is 2.65. The van der Waals surface area contributed by atoms with E-state index in [0.29, 0.717) is 0 Å². The molecule has 15 heavy (non-hydrogen) atoms. The van der Waals surface area contributed by atoms with Gasteiger partial charge in [-0.1, -0.05) is 26.0 Å². The summed E-state index contributed by atoms with van der Waals surface area (Å²) in [7, 11) is 0. The molecular weight excluding hydrogens is 194 g/mol. The van der Waals surface area contributed by atoms with Crippen LogP contribution in [0.2, 0.25) is 0 Å². The van der Waals surface area contributed by atoms with E-state index < -0.39 is 17.4 Å². The van der Waals surface area contributed by atoms with Crippen molar-refractivity contribution >= 4 is 5.97 Å². The molecule has 0 saturated heterocycles. The molecule has 4 nitrogen and oxygen atoms in total. The van der Waals surface area contributed by atoms with Crippen molar-refractivity contribution in [2.45, 2.75) is 25.3 Å². The van der Waals surface area contributed by atoms with Crippen LogP contribution >= 0.6 is 0 Å². The zero-order valence-electron chi connectivity index (χ0n) is 8.77. The van der Waals surface area contributed by atoms with Crippen molar-refractivity contribution in [1.82, 2.24) is 0 Å². The van der Waals surface area contributed by atoms with E-state index in [2.05, 4.69) is 0 Å². The second-order valence-electron chi connectivity index (χ2n) is 4.08. The Kier molecular flexibility index (Phi) is 3.00. The smallest absolute Gasteiger partial charge is 0.321 e. The second kappa shape index (κ2) is 3.90. The van der Waals surface area contributed by atoms with E-state index in [1.54, 1.807) is 26.0 Å². The number of carboxylic acid groups (broad SMARTS) is 1. The summed E-state index contributed by atoms with van der Waals surface area (Å²) in [6, 6.07) is 5.43. The van der Waals surface area contributed by atoms with E-state index in [0.717, 1.165) is 5.56 Å². The first-order valence-corrected chi connectivity index (χ1v) is 4.63. The van der Waals surface area contributed by atoms with Crippen molar-refractivity contribution < 1.29 is 15.0 Å². The molecule has 4 N–H and O–H groups in total. The number of aromatic hydroxyl groups is 1. The molecule has 0 saturated carbocycles. The summed E-state index contributed by atoms with van der Waals surface area (Å²) < 4.78 is 0. The minimum Gasteiger partial charge on any atom is -0.508 e. The number of hydrogen-bond donors (Lipinski definition) is 3. The van der Waals surface area contributed by atoms with Gasteiger partial charge in [0.1, 0.15) is 11.8 Å². The number of benzene rings is 1. The van der Waals surface area contributed by atoms with Crippen LogP contribution in [-0.2, 0) is 10.2 Å². The maximum Gasteiger partial charge on any atom is 0.321 e. The molecule has 0 aromatic heterocycles. The maximum atomic E-state index is 10.8. The van der Waals surface area contributed by atoms with Gasteiger partial charge < -0.3 is 15.9 Å². The van der Waals surface area contributed by atoms with Crippen molar-refractivity contribution in [1.29, 1.82) is 0 Å². The molecule has 4 heteroatoms. The predicted octanol–water partition coefficient (Wildman–Crippen LogP) is 1.08. The maximum absolute atomic E-state index is 10.8. The van der Waals surface area contributed by atoms with E-state index in [4.69, 9.17) is 15.9 Å². The molecule has 0 fully saturated rings. The number of aliphatic carboxylic acids is 1. The van der Waals surface area contributed by atoms with Crippen molar-refractivity contribution in [3.8, 4) is 5.75 Å². The molecule has 1 rings (SSSR count). The molecule has 0 amide bonds. The van der Waals surface area contributed by atoms with E-state index in [-0.39, 0.29) is 5.75 Å². The van der Waals surface area contributed by atoms with Gasteiger partial charge in [-0.05, 0) is 17.7 Å². The summed E-state index contributed by atoms with van der Waals surface area (Å²) in [6.07, 6.45) is 0. The molecule has 0 aliphatic rings. The lowest BCUT2D eigenvalue weighted by molar-refractivity contribution is -0.140. The number of nitrogens with two attached hydrogens (primary N) is 1. The first kappa shape index (κ1) is 11.5. The van der Waals surface area contributed by atoms with Crippen molar-refractivity contribution in [2.24, 2.45) is 5.73 Å². The minimum atomic E-state index is -1.03. The summed E-state index contributed by atoms with van der Waals surface area (Å²) in [5.74, 6) is -0.883. The van der Waals surface area contributed by atoms with Gasteiger partial charge in [0.2, 0.25) is 0 Å². The summed E-state index contributed by atoms with van der Waals surface area (Å²) in [6.45, 7) is 3.52. The monoisotopic (exact) mass is 209 g/mol. The Morgan fingerprint density at radius 2 is 1.80 bits per heavy atom. The van der Waals surface area contributed by atoms with Crippen LogP contribution in [-0.4, -0.2) is 22.2 Å². The zero-order chi connectivity index (χ0) is 11.6. The Balaban J connectivity index is 3.05. The number of carboxylic acids is 1. The third-order valence-corrected chi connectivity index (χ3v) is 2.65. The molecular formula is C11H15NO3. The average Bonchev–Trinajstić information content (AvgIpc) is 2.17. The van der Waals surface area contributed by atoms with Gasteiger partial charge in [0.15, 0.2) is 0 Å². The molecule has 0 radical (unpaired) electrons. The fourth-order valence-corrected chi connectivity index (χ4v) is 1.38. The van der Waals surface area contributed by atoms with Gasteiger partial charge in [0.25, 0.3) is 0 Å². The van der Waals surface area contributed by atoms with Gasteiger partial charge in [-0.25, -0.2) is 0 Å². The largest absolute Gasteiger partial charge is 0.508 e. The number of carbonyl (C=O) groups is 1. The Morgan fingerprint density at radius 3 is 2.20 bits per heavy atom. The first-order chi connectivity index (χ1) is 6.85. The van der Waals surface area contributed by atoms with Gasteiger partial charge in [-0.2, -0.15) is 0 Å². The van der Waals surface area contributed by atoms with Gasteiger partial charge >= 0.3 is 5.97 Å². The van der Waals surface area contributed by atoms with Crippen LogP contribution in [0.5, 0.6) is 5.75 Å². The third kappa shape index (κ3) is 2.27. The van der Waals surface area contributed by atoms with E-state index >= 15 is 0 Å². The lowest BCUT2D eigenvalue weighted by Gasteiger charge is -2.29. The van der Waals surface area contributed by atoms with Crippen LogP contribution < -0.4 is 5.73 Å². The van der Waals surface area contributed by atoms with Crippen molar-refractivity contribution in [2.75, 3.05) is 0 Å². The van der Waals surface area contributed by atoms with E-state index in [9.17, 15) is 4.79 Å². The molecule has 0 aliphatic carbocycles. The Labute approximate surface area is 88.3 Å². The average molecular weight is 209 g/mol. The van der Waals surface area contributed by atoms with Crippen LogP contribution in [0.15, 0.2) is 24.3 Å². The molecule has 1 atom stereocenters. The molecule has 1 aromatic rings. The van der Waals surface area contributed by atoms with Crippen LogP contribution in [0, 0.1) is 0 Å². The normalized spacial score (nSPS) is 13.5. The molecule has 0 bridgehead atoms. The van der Waals surface area contributed by atoms with Crippen LogP contribution in [0.3, 0.4) is 0 Å². The summed E-state index contributed by atoms with van der Waals surface area (Å²) in [4.78, 5) is 10.8. The summed E-state index contributed by atoms with van der Waals surface area (Å²) >= 11 is 0. The summed E-state index contributed by atoms with van der Waals surface area (Å²) in [5.41, 5.74) is 5.72. The van der Waals surface area contributed by atoms with Crippen molar-refractivity contribution in [3.05, 3.63) is 29.8 Å². The van der Waals surface area contributed by atoms with Gasteiger partial charge in [0, 0.05) is 5.41 Å². The van der Waals surface area contributed by atoms with E-state index in [1.807, 2.05) is 0 Å². The quantitative estimate of drug-likeness (QED) is 0.695. The highest BCUT2D eigenvalue weighted by Crippen LogP contribution is 2.27. The molecule has 0 aliphatic heterocycles. The lowest BCUT2D eigenvalue weighted by atomic mass is 9.78. The predicted molar refractivity (Wildman–Crippen MR) is 56.7 cm³/mol. The molecule has 0 unspecified atom stereocenters. The number of phenolic OH excluding ortho intramolecular Hbond substituents is 1. The van der Waals surface area contributed by atoms with Crippen LogP contribution in [0.1, 0.15) is 19.4 Å². The topological polar surface area (TPSA) is 83.5 Å². The highest BCUT2D eigenvalue weighted by Gasteiger charge is 2.33. The fourth-order valence-electron chi connectivity index (χ4n) is 1.38. The van der Waals surface area contributed by atoms with Crippen LogP contribution in [0.25, 0.3) is 0 Å². The Morgan fingerprint density at radius 1 is 1.33 bits per heavy atom. The molecule has 82 valence electrons. The first-order valence-electron chi connectivity index (χ1n) is 4.63.